The first kappa shape index (κ1) is 14.8. The zero-order valence-electron chi connectivity index (χ0n) is 11.3. The third-order valence-corrected chi connectivity index (χ3v) is 4.24. The first-order valence-electron chi connectivity index (χ1n) is 6.53. The summed E-state index contributed by atoms with van der Waals surface area (Å²) in [4.78, 5) is 8.44. The minimum Gasteiger partial charge on any atom is -0.236 e. The number of benzene rings is 2. The highest BCUT2D eigenvalue weighted by molar-refractivity contribution is 7.98. The zero-order chi connectivity index (χ0) is 15.6. The van der Waals surface area contributed by atoms with Crippen LogP contribution in [0.4, 0.5) is 13.2 Å². The molecule has 22 heavy (non-hydrogen) atoms. The molecule has 0 N–H and O–H groups in total. The van der Waals surface area contributed by atoms with Gasteiger partial charge in [-0.3, -0.25) is 0 Å². The van der Waals surface area contributed by atoms with Gasteiger partial charge >= 0.3 is 6.18 Å². The number of halogens is 3. The average Bonchev–Trinajstić information content (AvgIpc) is 2.52. The van der Waals surface area contributed by atoms with Crippen molar-refractivity contribution in [2.75, 3.05) is 0 Å². The Morgan fingerprint density at radius 1 is 0.909 bits per heavy atom. The molecule has 0 atom stereocenters. The van der Waals surface area contributed by atoms with Crippen LogP contribution in [0.25, 0.3) is 10.9 Å². The van der Waals surface area contributed by atoms with Crippen LogP contribution in [0.15, 0.2) is 59.9 Å². The third kappa shape index (κ3) is 3.22. The summed E-state index contributed by atoms with van der Waals surface area (Å²) in [6, 6.07) is 12.9. The van der Waals surface area contributed by atoms with E-state index < -0.39 is 11.7 Å². The fourth-order valence-electron chi connectivity index (χ4n) is 2.04. The maximum Gasteiger partial charge on any atom is 0.416 e. The van der Waals surface area contributed by atoms with Crippen LogP contribution in [0.2, 0.25) is 0 Å². The Morgan fingerprint density at radius 3 is 2.36 bits per heavy atom. The number of thioether (sulfide) groups is 1. The van der Waals surface area contributed by atoms with Gasteiger partial charge in [0.1, 0.15) is 11.4 Å². The lowest BCUT2D eigenvalue weighted by atomic mass is 10.1. The van der Waals surface area contributed by atoms with Crippen LogP contribution >= 0.6 is 11.8 Å². The minimum absolute atomic E-state index is 0.555. The van der Waals surface area contributed by atoms with Gasteiger partial charge < -0.3 is 0 Å². The Labute approximate surface area is 129 Å². The highest BCUT2D eigenvalue weighted by Crippen LogP contribution is 2.31. The third-order valence-electron chi connectivity index (χ3n) is 3.16. The number of rotatable bonds is 3. The summed E-state index contributed by atoms with van der Waals surface area (Å²) in [5.74, 6) is 0.555. The molecule has 112 valence electrons. The van der Waals surface area contributed by atoms with Crippen molar-refractivity contribution in [3.63, 3.8) is 0 Å². The molecule has 0 spiro atoms. The molecule has 6 heteroatoms. The fraction of sp³-hybridized carbons (Fsp3) is 0.125. The van der Waals surface area contributed by atoms with E-state index in [9.17, 15) is 13.2 Å². The summed E-state index contributed by atoms with van der Waals surface area (Å²) in [5, 5.41) is 1.77. The van der Waals surface area contributed by atoms with Crippen molar-refractivity contribution >= 4 is 22.7 Å². The van der Waals surface area contributed by atoms with Gasteiger partial charge in [0, 0.05) is 11.1 Å². The number of para-hydroxylation sites is 1. The van der Waals surface area contributed by atoms with E-state index >= 15 is 0 Å². The molecule has 0 radical (unpaired) electrons. The van der Waals surface area contributed by atoms with Gasteiger partial charge in [-0.25, -0.2) is 9.97 Å². The lowest BCUT2D eigenvalue weighted by Gasteiger charge is -2.08. The monoisotopic (exact) mass is 320 g/mol. The van der Waals surface area contributed by atoms with E-state index in [-0.39, 0.29) is 0 Å². The second-order valence-electron chi connectivity index (χ2n) is 4.68. The normalized spacial score (nSPS) is 11.8. The van der Waals surface area contributed by atoms with Crippen molar-refractivity contribution in [1.29, 1.82) is 0 Å². The number of alkyl halides is 3. The van der Waals surface area contributed by atoms with Crippen molar-refractivity contribution in [2.24, 2.45) is 0 Å². The van der Waals surface area contributed by atoms with E-state index in [1.807, 2.05) is 24.3 Å². The molecule has 3 rings (SSSR count). The van der Waals surface area contributed by atoms with Gasteiger partial charge in [0.25, 0.3) is 0 Å². The number of hydrogen-bond acceptors (Lipinski definition) is 3. The van der Waals surface area contributed by atoms with Gasteiger partial charge in [-0.05, 0) is 23.8 Å². The first-order chi connectivity index (χ1) is 10.5. The minimum atomic E-state index is -4.30. The highest BCUT2D eigenvalue weighted by Gasteiger charge is 2.29. The molecule has 0 aliphatic rings. The van der Waals surface area contributed by atoms with E-state index in [1.54, 1.807) is 0 Å². The Hall–Kier alpha value is -2.08. The van der Waals surface area contributed by atoms with Gasteiger partial charge in [0.05, 0.1) is 11.1 Å². The van der Waals surface area contributed by atoms with E-state index in [0.29, 0.717) is 5.75 Å². The lowest BCUT2D eigenvalue weighted by Crippen LogP contribution is -2.04. The standard InChI is InChI=1S/C16H11F3N2S/c17-16(18,19)12-7-5-11(6-8-12)9-22-15-13-3-1-2-4-14(13)20-10-21-15/h1-8,10H,9H2. The maximum atomic E-state index is 12.5. The molecule has 0 unspecified atom stereocenters. The van der Waals surface area contributed by atoms with Crippen molar-refractivity contribution in [2.45, 2.75) is 17.0 Å². The van der Waals surface area contributed by atoms with Crippen molar-refractivity contribution < 1.29 is 13.2 Å². The van der Waals surface area contributed by atoms with E-state index in [0.717, 1.165) is 33.6 Å². The Kier molecular flexibility index (Phi) is 4.02. The predicted molar refractivity (Wildman–Crippen MR) is 80.5 cm³/mol. The number of hydrogen-bond donors (Lipinski definition) is 0. The summed E-state index contributed by atoms with van der Waals surface area (Å²) in [7, 11) is 0. The summed E-state index contributed by atoms with van der Waals surface area (Å²) in [5.41, 5.74) is 1.04. The van der Waals surface area contributed by atoms with Gasteiger partial charge in [-0.15, -0.1) is 11.8 Å². The summed E-state index contributed by atoms with van der Waals surface area (Å²) in [6.07, 6.45) is -2.80. The number of aromatic nitrogens is 2. The quantitative estimate of drug-likeness (QED) is 0.505. The molecule has 3 aromatic rings. The Bertz CT molecular complexity index is 780. The fourth-order valence-corrected chi connectivity index (χ4v) is 2.98. The van der Waals surface area contributed by atoms with Gasteiger partial charge in [0.2, 0.25) is 0 Å². The topological polar surface area (TPSA) is 25.8 Å². The summed E-state index contributed by atoms with van der Waals surface area (Å²) >= 11 is 1.48. The van der Waals surface area contributed by atoms with Crippen LogP contribution in [0.1, 0.15) is 11.1 Å². The predicted octanol–water partition coefficient (Wildman–Crippen LogP) is 4.94. The molecular weight excluding hydrogens is 309 g/mol. The Balaban J connectivity index is 1.77. The molecule has 0 bridgehead atoms. The van der Waals surface area contributed by atoms with Crippen LogP contribution in [0.5, 0.6) is 0 Å². The number of nitrogens with zero attached hydrogens (tertiary/aromatic N) is 2. The van der Waals surface area contributed by atoms with Gasteiger partial charge in [-0.2, -0.15) is 13.2 Å². The molecule has 0 fully saturated rings. The van der Waals surface area contributed by atoms with E-state index in [2.05, 4.69) is 9.97 Å². The lowest BCUT2D eigenvalue weighted by molar-refractivity contribution is -0.137. The first-order valence-corrected chi connectivity index (χ1v) is 7.51. The largest absolute Gasteiger partial charge is 0.416 e. The highest BCUT2D eigenvalue weighted by atomic mass is 32.2. The smallest absolute Gasteiger partial charge is 0.236 e. The molecule has 0 saturated carbocycles. The molecule has 1 aromatic heterocycles. The second kappa shape index (κ2) is 5.96. The zero-order valence-corrected chi connectivity index (χ0v) is 12.2. The molecule has 2 aromatic carbocycles. The van der Waals surface area contributed by atoms with Crippen LogP contribution in [-0.4, -0.2) is 9.97 Å². The maximum absolute atomic E-state index is 12.5. The molecule has 0 saturated heterocycles. The van der Waals surface area contributed by atoms with Gasteiger partial charge in [0.15, 0.2) is 0 Å². The Morgan fingerprint density at radius 2 is 1.64 bits per heavy atom. The number of fused-ring (bicyclic) bond motifs is 1. The average molecular weight is 320 g/mol. The summed E-state index contributed by atoms with van der Waals surface area (Å²) < 4.78 is 37.6. The summed E-state index contributed by atoms with van der Waals surface area (Å²) in [6.45, 7) is 0. The molecule has 2 nitrogen and oxygen atoms in total. The van der Waals surface area contributed by atoms with Crippen molar-refractivity contribution in [1.82, 2.24) is 9.97 Å². The van der Waals surface area contributed by atoms with Crippen LogP contribution in [0, 0.1) is 0 Å². The van der Waals surface area contributed by atoms with E-state index in [4.69, 9.17) is 0 Å². The van der Waals surface area contributed by atoms with Crippen LogP contribution in [-0.2, 0) is 11.9 Å². The molecule has 0 aliphatic carbocycles. The SMILES string of the molecule is FC(F)(F)c1ccc(CSc2ncnc3ccccc23)cc1. The molecule has 0 amide bonds. The van der Waals surface area contributed by atoms with Crippen LogP contribution < -0.4 is 0 Å². The van der Waals surface area contributed by atoms with Gasteiger partial charge in [-0.1, -0.05) is 30.3 Å². The molecule has 1 heterocycles. The van der Waals surface area contributed by atoms with E-state index in [1.165, 1.54) is 30.2 Å². The van der Waals surface area contributed by atoms with Crippen LogP contribution in [0.3, 0.4) is 0 Å². The molecule has 0 aliphatic heterocycles. The second-order valence-corrected chi connectivity index (χ2v) is 5.64. The molecular formula is C16H11F3N2S. The van der Waals surface area contributed by atoms with Crippen molar-refractivity contribution in [3.05, 3.63) is 66.0 Å². The van der Waals surface area contributed by atoms with Crippen molar-refractivity contribution in [3.8, 4) is 0 Å².